The number of unbranched alkanes of at least 4 members (excludes halogenated alkanes) is 9. The second-order valence-corrected chi connectivity index (χ2v) is 10.9. The summed E-state index contributed by atoms with van der Waals surface area (Å²) in [5.74, 6) is 0.176. The predicted molar refractivity (Wildman–Crippen MR) is 160 cm³/mol. The average Bonchev–Trinajstić information content (AvgIpc) is 2.90. The third-order valence-corrected chi connectivity index (χ3v) is 7.75. The van der Waals surface area contributed by atoms with Crippen molar-refractivity contribution in [3.05, 3.63) is 58.7 Å². The van der Waals surface area contributed by atoms with Gasteiger partial charge in [0.1, 0.15) is 0 Å². The van der Waals surface area contributed by atoms with Crippen LogP contribution in [0.2, 0.25) is 0 Å². The molecule has 2 rings (SSSR count). The van der Waals surface area contributed by atoms with Gasteiger partial charge in [-0.15, -0.1) is 0 Å². The number of nitrogens with two attached hydrogens (primary N) is 2. The zero-order valence-electron chi connectivity index (χ0n) is 23.9. The minimum absolute atomic E-state index is 0.176. The van der Waals surface area contributed by atoms with Crippen molar-refractivity contribution < 1.29 is 10.2 Å². The topological polar surface area (TPSA) is 92.5 Å². The highest BCUT2D eigenvalue weighted by atomic mass is 16.3. The Kier molecular flexibility index (Phi) is 14.7. The third-order valence-electron chi connectivity index (χ3n) is 7.75. The van der Waals surface area contributed by atoms with Gasteiger partial charge in [0.05, 0.1) is 12.2 Å². The molecule has 2 aromatic rings. The Morgan fingerprint density at radius 1 is 0.541 bits per heavy atom. The van der Waals surface area contributed by atoms with Crippen molar-refractivity contribution in [2.45, 2.75) is 135 Å². The Morgan fingerprint density at radius 2 is 0.919 bits per heavy atom. The Morgan fingerprint density at radius 3 is 1.30 bits per heavy atom. The molecule has 0 bridgehead atoms. The lowest BCUT2D eigenvalue weighted by molar-refractivity contribution is 0.164. The van der Waals surface area contributed by atoms with Crippen LogP contribution in [0.5, 0.6) is 0 Å². The van der Waals surface area contributed by atoms with E-state index in [4.69, 9.17) is 11.5 Å². The van der Waals surface area contributed by atoms with E-state index in [-0.39, 0.29) is 5.92 Å². The molecule has 0 aliphatic heterocycles. The molecule has 0 aliphatic rings. The maximum Gasteiger partial charge on any atom is 0.0810 e. The van der Waals surface area contributed by atoms with Crippen molar-refractivity contribution in [2.24, 2.45) is 0 Å². The van der Waals surface area contributed by atoms with Crippen LogP contribution in [0.3, 0.4) is 0 Å². The monoisotopic (exact) mass is 510 g/mol. The van der Waals surface area contributed by atoms with E-state index in [2.05, 4.69) is 45.0 Å². The molecule has 0 radical (unpaired) electrons. The largest absolute Gasteiger partial charge is 0.398 e. The lowest BCUT2D eigenvalue weighted by Crippen LogP contribution is -2.09. The summed E-state index contributed by atoms with van der Waals surface area (Å²) in [6.07, 6.45) is 15.3. The van der Waals surface area contributed by atoms with E-state index in [0.717, 1.165) is 62.5 Å². The molecule has 208 valence electrons. The number of rotatable bonds is 19. The lowest BCUT2D eigenvalue weighted by Gasteiger charge is -2.23. The van der Waals surface area contributed by atoms with E-state index in [9.17, 15) is 10.2 Å². The molecule has 0 saturated heterocycles. The maximum atomic E-state index is 11.0. The van der Waals surface area contributed by atoms with Crippen molar-refractivity contribution >= 4 is 11.4 Å². The van der Waals surface area contributed by atoms with Crippen LogP contribution in [-0.2, 0) is 0 Å². The number of aliphatic hydroxyl groups is 2. The molecule has 6 N–H and O–H groups in total. The van der Waals surface area contributed by atoms with E-state index >= 15 is 0 Å². The average molecular weight is 511 g/mol. The highest BCUT2D eigenvalue weighted by Gasteiger charge is 2.20. The molecule has 0 saturated carbocycles. The minimum Gasteiger partial charge on any atom is -0.398 e. The summed E-state index contributed by atoms with van der Waals surface area (Å²) in [6.45, 7) is 6.64. The number of hydrogen-bond donors (Lipinski definition) is 4. The molecule has 0 aliphatic carbocycles. The van der Waals surface area contributed by atoms with E-state index in [1.807, 2.05) is 12.1 Å². The van der Waals surface area contributed by atoms with Gasteiger partial charge in [-0.3, -0.25) is 0 Å². The number of benzene rings is 2. The maximum absolute atomic E-state index is 11.0. The van der Waals surface area contributed by atoms with E-state index in [1.165, 1.54) is 56.1 Å². The first-order valence-corrected chi connectivity index (χ1v) is 15.1. The zero-order valence-corrected chi connectivity index (χ0v) is 23.9. The van der Waals surface area contributed by atoms with Crippen molar-refractivity contribution in [3.63, 3.8) is 0 Å². The summed E-state index contributed by atoms with van der Waals surface area (Å²) in [6, 6.07) is 12.4. The molecule has 37 heavy (non-hydrogen) atoms. The van der Waals surface area contributed by atoms with Gasteiger partial charge in [0.15, 0.2) is 0 Å². The molecule has 2 unspecified atom stereocenters. The highest BCUT2D eigenvalue weighted by molar-refractivity contribution is 5.54. The van der Waals surface area contributed by atoms with Gasteiger partial charge < -0.3 is 21.7 Å². The molecule has 2 atom stereocenters. The molecule has 0 spiro atoms. The Hall–Kier alpha value is -2.04. The van der Waals surface area contributed by atoms with Crippen molar-refractivity contribution in [1.82, 2.24) is 0 Å². The molecule has 0 fully saturated rings. The molecule has 0 amide bonds. The summed E-state index contributed by atoms with van der Waals surface area (Å²) in [5, 5.41) is 21.9. The van der Waals surface area contributed by atoms with Crippen molar-refractivity contribution in [2.75, 3.05) is 11.5 Å². The standard InChI is InChI=1S/C33H54N2O2/c1-4-7-10-13-16-27(25-19-21-30(34)28(23-25)32(36)17-14-11-8-5-2)26-20-22-31(35)29(24-26)33(37)18-15-12-9-6-3/h19-24,27,32-33,36-37H,4-18,34-35H2,1-3H3. The quantitative estimate of drug-likeness (QED) is 0.112. The number of nitrogen functional groups attached to an aromatic ring is 2. The highest BCUT2D eigenvalue weighted by Crippen LogP contribution is 2.37. The van der Waals surface area contributed by atoms with Gasteiger partial charge in [-0.1, -0.05) is 122 Å². The van der Waals surface area contributed by atoms with Gasteiger partial charge in [0.2, 0.25) is 0 Å². The van der Waals surface area contributed by atoms with Crippen LogP contribution in [0.25, 0.3) is 0 Å². The predicted octanol–water partition coefficient (Wildman–Crippen LogP) is 8.96. The van der Waals surface area contributed by atoms with Crippen LogP contribution in [0.15, 0.2) is 36.4 Å². The molecular formula is C33H54N2O2. The van der Waals surface area contributed by atoms with E-state index < -0.39 is 12.2 Å². The molecule has 0 aromatic heterocycles. The van der Waals surface area contributed by atoms with Crippen LogP contribution in [0.1, 0.15) is 157 Å². The third kappa shape index (κ3) is 10.3. The van der Waals surface area contributed by atoms with E-state index in [1.54, 1.807) is 0 Å². The molecule has 2 aromatic carbocycles. The van der Waals surface area contributed by atoms with E-state index in [0.29, 0.717) is 11.4 Å². The zero-order chi connectivity index (χ0) is 27.0. The van der Waals surface area contributed by atoms with Gasteiger partial charge in [0, 0.05) is 28.4 Å². The Balaban J connectivity index is 2.31. The fourth-order valence-electron chi connectivity index (χ4n) is 5.34. The van der Waals surface area contributed by atoms with Crippen LogP contribution in [0, 0.1) is 0 Å². The minimum atomic E-state index is -0.538. The summed E-state index contributed by atoms with van der Waals surface area (Å²) in [4.78, 5) is 0. The number of hydrogen-bond acceptors (Lipinski definition) is 4. The second kappa shape index (κ2) is 17.5. The number of aliphatic hydroxyl groups excluding tert-OH is 2. The SMILES string of the molecule is CCCCCCC(O)c1cc(C(CCCCCC)c2ccc(N)c(C(O)CCCCCC)c2)ccc1N. The molecule has 4 heteroatoms. The van der Waals surface area contributed by atoms with Crippen LogP contribution >= 0.6 is 0 Å². The Bertz CT molecular complexity index is 830. The fraction of sp³-hybridized carbons (Fsp3) is 0.636. The van der Waals surface area contributed by atoms with Gasteiger partial charge in [-0.25, -0.2) is 0 Å². The van der Waals surface area contributed by atoms with Gasteiger partial charge in [0.25, 0.3) is 0 Å². The first-order valence-electron chi connectivity index (χ1n) is 15.1. The molecule has 0 heterocycles. The second-order valence-electron chi connectivity index (χ2n) is 10.9. The normalized spacial score (nSPS) is 14.0. The van der Waals surface area contributed by atoms with Crippen LogP contribution < -0.4 is 11.5 Å². The Labute approximate surface area is 226 Å². The first kappa shape index (κ1) is 31.2. The van der Waals surface area contributed by atoms with Crippen molar-refractivity contribution in [1.29, 1.82) is 0 Å². The number of anilines is 2. The van der Waals surface area contributed by atoms with Gasteiger partial charge >= 0.3 is 0 Å². The molecular weight excluding hydrogens is 456 g/mol. The summed E-state index contributed by atoms with van der Waals surface area (Å²) in [7, 11) is 0. The van der Waals surface area contributed by atoms with Crippen molar-refractivity contribution in [3.8, 4) is 0 Å². The van der Waals surface area contributed by atoms with Crippen LogP contribution in [-0.4, -0.2) is 10.2 Å². The van der Waals surface area contributed by atoms with Gasteiger partial charge in [-0.05, 0) is 42.5 Å². The smallest absolute Gasteiger partial charge is 0.0810 e. The first-order chi connectivity index (χ1) is 17.9. The lowest BCUT2D eigenvalue weighted by atomic mass is 9.83. The molecule has 4 nitrogen and oxygen atoms in total. The summed E-state index contributed by atoms with van der Waals surface area (Å²) >= 11 is 0. The van der Waals surface area contributed by atoms with Gasteiger partial charge in [-0.2, -0.15) is 0 Å². The summed E-state index contributed by atoms with van der Waals surface area (Å²) < 4.78 is 0. The fourth-order valence-corrected chi connectivity index (χ4v) is 5.34. The van der Waals surface area contributed by atoms with Crippen LogP contribution in [0.4, 0.5) is 11.4 Å². The summed E-state index contributed by atoms with van der Waals surface area (Å²) in [5.41, 5.74) is 18.1.